The molecule has 0 unspecified atom stereocenters. The Kier molecular flexibility index (Phi) is 6.85. The number of anilines is 1. The van der Waals surface area contributed by atoms with E-state index in [2.05, 4.69) is 11.4 Å². The Labute approximate surface area is 161 Å². The van der Waals surface area contributed by atoms with Crippen molar-refractivity contribution in [2.24, 2.45) is 0 Å². The first-order chi connectivity index (χ1) is 12.7. The van der Waals surface area contributed by atoms with E-state index in [0.29, 0.717) is 12.3 Å². The molecule has 0 heterocycles. The number of para-hydroxylation sites is 1. The van der Waals surface area contributed by atoms with Crippen molar-refractivity contribution in [2.75, 3.05) is 23.7 Å². The number of nitrogens with zero attached hydrogens (tertiary/aromatic N) is 1. The topological polar surface area (TPSA) is 75.7 Å². The highest BCUT2D eigenvalue weighted by Gasteiger charge is 2.28. The molecular weight excluding hydrogens is 364 g/mol. The van der Waals surface area contributed by atoms with E-state index in [4.69, 9.17) is 4.74 Å². The summed E-state index contributed by atoms with van der Waals surface area (Å²) in [5.74, 6) is 0.366. The van der Waals surface area contributed by atoms with Gasteiger partial charge in [0.05, 0.1) is 18.5 Å². The predicted octanol–water partition coefficient (Wildman–Crippen LogP) is 2.65. The molecule has 0 aromatic heterocycles. The lowest BCUT2D eigenvalue weighted by Gasteiger charge is -2.28. The van der Waals surface area contributed by atoms with E-state index in [9.17, 15) is 13.2 Å². The highest BCUT2D eigenvalue weighted by Crippen LogP contribution is 2.20. The zero-order chi connectivity index (χ0) is 20.0. The summed E-state index contributed by atoms with van der Waals surface area (Å²) >= 11 is 0. The Morgan fingerprint density at radius 3 is 2.26 bits per heavy atom. The molecule has 1 amide bonds. The third-order valence-electron chi connectivity index (χ3n) is 3.96. The molecule has 1 N–H and O–H groups in total. The molecular formula is C20H26N2O4S. The molecule has 0 radical (unpaired) electrons. The number of carbonyl (C=O) groups excluding carboxylic acids is 1. The van der Waals surface area contributed by atoms with Gasteiger partial charge in [-0.2, -0.15) is 0 Å². The Morgan fingerprint density at radius 1 is 1.11 bits per heavy atom. The van der Waals surface area contributed by atoms with Crippen LogP contribution < -0.4 is 14.4 Å². The fraction of sp³-hybridized carbons (Fsp3) is 0.350. The average molecular weight is 391 g/mol. The first-order valence-corrected chi connectivity index (χ1v) is 10.6. The molecule has 0 saturated carbocycles. The highest BCUT2D eigenvalue weighted by atomic mass is 32.2. The molecule has 0 aliphatic rings. The van der Waals surface area contributed by atoms with Gasteiger partial charge in [0.2, 0.25) is 15.9 Å². The monoisotopic (exact) mass is 390 g/mol. The Morgan fingerprint density at radius 2 is 1.70 bits per heavy atom. The Bertz CT molecular complexity index is 862. The van der Waals surface area contributed by atoms with Crippen molar-refractivity contribution in [1.29, 1.82) is 0 Å². The summed E-state index contributed by atoms with van der Waals surface area (Å²) in [6.07, 6.45) is 1.09. The summed E-state index contributed by atoms with van der Waals surface area (Å²) in [4.78, 5) is 12.5. The fourth-order valence-electron chi connectivity index (χ4n) is 2.89. The van der Waals surface area contributed by atoms with E-state index < -0.39 is 16.1 Å². The van der Waals surface area contributed by atoms with Gasteiger partial charge in [-0.1, -0.05) is 24.3 Å². The van der Waals surface area contributed by atoms with Gasteiger partial charge in [-0.15, -0.1) is 0 Å². The summed E-state index contributed by atoms with van der Waals surface area (Å²) in [7, 11) is -3.60. The van der Waals surface area contributed by atoms with Gasteiger partial charge in [0.15, 0.2) is 0 Å². The number of aryl methyl sites for hydroxylation is 2. The second kappa shape index (κ2) is 8.90. The minimum atomic E-state index is -3.60. The molecule has 146 valence electrons. The normalized spacial score (nSPS) is 12.3. The van der Waals surface area contributed by atoms with Gasteiger partial charge in [-0.25, -0.2) is 8.42 Å². The molecule has 27 heavy (non-hydrogen) atoms. The second-order valence-corrected chi connectivity index (χ2v) is 8.39. The number of sulfonamides is 1. The molecule has 0 bridgehead atoms. The van der Waals surface area contributed by atoms with Crippen LogP contribution in [0.3, 0.4) is 0 Å². The first kappa shape index (κ1) is 20.8. The molecule has 0 aliphatic heterocycles. The molecule has 2 rings (SSSR count). The van der Waals surface area contributed by atoms with Crippen LogP contribution in [0.5, 0.6) is 5.75 Å². The number of hydrogen-bond donors (Lipinski definition) is 1. The van der Waals surface area contributed by atoms with E-state index >= 15 is 0 Å². The van der Waals surface area contributed by atoms with Gasteiger partial charge in [-0.05, 0) is 56.2 Å². The van der Waals surface area contributed by atoms with Crippen LogP contribution in [0.4, 0.5) is 5.69 Å². The van der Waals surface area contributed by atoms with Gasteiger partial charge in [0.1, 0.15) is 18.4 Å². The van der Waals surface area contributed by atoms with Crippen molar-refractivity contribution in [3.05, 3.63) is 59.7 Å². The number of ether oxygens (including phenoxy) is 1. The average Bonchev–Trinajstić information content (AvgIpc) is 2.57. The van der Waals surface area contributed by atoms with E-state index in [1.807, 2.05) is 26.0 Å². The largest absolute Gasteiger partial charge is 0.492 e. The van der Waals surface area contributed by atoms with Gasteiger partial charge >= 0.3 is 0 Å². The lowest BCUT2D eigenvalue weighted by atomic mass is 10.1. The minimum absolute atomic E-state index is 0.280. The van der Waals surface area contributed by atoms with Crippen molar-refractivity contribution in [1.82, 2.24) is 5.32 Å². The van der Waals surface area contributed by atoms with E-state index in [0.717, 1.165) is 27.4 Å². The second-order valence-electron chi connectivity index (χ2n) is 6.53. The lowest BCUT2D eigenvalue weighted by molar-refractivity contribution is -0.121. The predicted molar refractivity (Wildman–Crippen MR) is 108 cm³/mol. The molecule has 2 aromatic rings. The summed E-state index contributed by atoms with van der Waals surface area (Å²) in [6.45, 7) is 6.13. The summed E-state index contributed by atoms with van der Waals surface area (Å²) in [5.41, 5.74) is 2.66. The third kappa shape index (κ3) is 5.99. The first-order valence-electron chi connectivity index (χ1n) is 8.72. The van der Waals surface area contributed by atoms with Crippen LogP contribution in [0.2, 0.25) is 0 Å². The van der Waals surface area contributed by atoms with Crippen molar-refractivity contribution in [2.45, 2.75) is 26.8 Å². The van der Waals surface area contributed by atoms with Gasteiger partial charge in [0.25, 0.3) is 0 Å². The van der Waals surface area contributed by atoms with Crippen molar-refractivity contribution >= 4 is 21.6 Å². The van der Waals surface area contributed by atoms with Crippen LogP contribution in [-0.2, 0) is 14.8 Å². The molecule has 6 nitrogen and oxygen atoms in total. The molecule has 0 saturated heterocycles. The molecule has 2 aromatic carbocycles. The Balaban J connectivity index is 1.95. The molecule has 0 spiro atoms. The van der Waals surface area contributed by atoms with Crippen molar-refractivity contribution in [3.63, 3.8) is 0 Å². The van der Waals surface area contributed by atoms with Crippen molar-refractivity contribution in [3.8, 4) is 5.75 Å². The maximum absolute atomic E-state index is 12.5. The van der Waals surface area contributed by atoms with Crippen LogP contribution in [0.15, 0.2) is 48.5 Å². The number of nitrogens with one attached hydrogen (secondary N) is 1. The van der Waals surface area contributed by atoms with Gasteiger partial charge in [-0.3, -0.25) is 9.10 Å². The van der Waals surface area contributed by atoms with E-state index in [1.165, 1.54) is 0 Å². The van der Waals surface area contributed by atoms with Gasteiger partial charge in [0, 0.05) is 0 Å². The minimum Gasteiger partial charge on any atom is -0.492 e. The SMILES string of the molecule is Cc1cc(C)cc(OCCNC(=O)[C@@H](C)N(c2ccccc2)S(C)(=O)=O)c1. The summed E-state index contributed by atoms with van der Waals surface area (Å²) in [6, 6.07) is 13.6. The van der Waals surface area contributed by atoms with Crippen LogP contribution >= 0.6 is 0 Å². The molecule has 0 fully saturated rings. The zero-order valence-electron chi connectivity index (χ0n) is 16.1. The van der Waals surface area contributed by atoms with E-state index in [1.54, 1.807) is 37.3 Å². The van der Waals surface area contributed by atoms with Crippen LogP contribution in [0.25, 0.3) is 0 Å². The lowest BCUT2D eigenvalue weighted by Crippen LogP contribution is -2.48. The molecule has 0 aliphatic carbocycles. The maximum Gasteiger partial charge on any atom is 0.243 e. The quantitative estimate of drug-likeness (QED) is 0.703. The number of amides is 1. The fourth-order valence-corrected chi connectivity index (χ4v) is 4.07. The van der Waals surface area contributed by atoms with Gasteiger partial charge < -0.3 is 10.1 Å². The number of carbonyl (C=O) groups is 1. The van der Waals surface area contributed by atoms with E-state index in [-0.39, 0.29) is 12.5 Å². The number of benzene rings is 2. The van der Waals surface area contributed by atoms with Crippen LogP contribution in [0, 0.1) is 13.8 Å². The molecule has 1 atom stereocenters. The maximum atomic E-state index is 12.5. The third-order valence-corrected chi connectivity index (χ3v) is 5.21. The standard InChI is InChI=1S/C20H26N2O4S/c1-15-12-16(2)14-19(13-15)26-11-10-21-20(23)17(3)22(27(4,24)25)18-8-6-5-7-9-18/h5-9,12-14,17H,10-11H2,1-4H3,(H,21,23)/t17-/m1/s1. The Hall–Kier alpha value is -2.54. The highest BCUT2D eigenvalue weighted by molar-refractivity contribution is 7.92. The molecule has 7 heteroatoms. The number of hydrogen-bond acceptors (Lipinski definition) is 4. The van der Waals surface area contributed by atoms with Crippen LogP contribution in [0.1, 0.15) is 18.1 Å². The summed E-state index contributed by atoms with van der Waals surface area (Å²) < 4.78 is 31.1. The van der Waals surface area contributed by atoms with Crippen molar-refractivity contribution < 1.29 is 17.9 Å². The summed E-state index contributed by atoms with van der Waals surface area (Å²) in [5, 5.41) is 2.73. The number of rotatable bonds is 8. The zero-order valence-corrected chi connectivity index (χ0v) is 16.9. The smallest absolute Gasteiger partial charge is 0.243 e. The van der Waals surface area contributed by atoms with Crippen LogP contribution in [-0.4, -0.2) is 39.8 Å².